The van der Waals surface area contributed by atoms with Crippen LogP contribution in [-0.2, 0) is 11.8 Å². The standard InChI is InChI=1S/C21H26N6O/c1-17(27-11-8-22-16-27)21(28)26-14-12-25(13-15-26)19(18-6-4-3-5-7-18)20-23-9-10-24(20)2/h3-11,16-17,19H,12-15H2,1-2H3. The second-order valence-electron chi connectivity index (χ2n) is 7.26. The van der Waals surface area contributed by atoms with Gasteiger partial charge in [0.05, 0.1) is 12.4 Å². The van der Waals surface area contributed by atoms with Crippen molar-refractivity contribution < 1.29 is 4.79 Å². The summed E-state index contributed by atoms with van der Waals surface area (Å²) in [5.41, 5.74) is 1.23. The zero-order chi connectivity index (χ0) is 19.5. The second-order valence-corrected chi connectivity index (χ2v) is 7.26. The van der Waals surface area contributed by atoms with E-state index in [9.17, 15) is 4.79 Å². The molecule has 4 rings (SSSR count). The predicted octanol–water partition coefficient (Wildman–Crippen LogP) is 2.11. The normalized spacial score (nSPS) is 17.4. The summed E-state index contributed by atoms with van der Waals surface area (Å²) in [5, 5.41) is 0. The molecule has 1 amide bonds. The van der Waals surface area contributed by atoms with E-state index in [-0.39, 0.29) is 18.0 Å². The van der Waals surface area contributed by atoms with Gasteiger partial charge in [-0.15, -0.1) is 0 Å². The summed E-state index contributed by atoms with van der Waals surface area (Å²) in [4.78, 5) is 25.9. The number of hydrogen-bond acceptors (Lipinski definition) is 4. The SMILES string of the molecule is CC(C(=O)N1CCN(C(c2ccccc2)c2nccn2C)CC1)n1ccnc1. The molecule has 1 aliphatic rings. The smallest absolute Gasteiger partial charge is 0.245 e. The molecule has 0 aliphatic carbocycles. The van der Waals surface area contributed by atoms with Crippen molar-refractivity contribution in [2.45, 2.75) is 19.0 Å². The van der Waals surface area contributed by atoms with E-state index in [4.69, 9.17) is 0 Å². The highest BCUT2D eigenvalue weighted by molar-refractivity contribution is 5.80. The zero-order valence-corrected chi connectivity index (χ0v) is 16.3. The quantitative estimate of drug-likeness (QED) is 0.682. The maximum Gasteiger partial charge on any atom is 0.245 e. The van der Waals surface area contributed by atoms with Crippen LogP contribution in [0.1, 0.15) is 30.4 Å². The molecular formula is C21H26N6O. The highest BCUT2D eigenvalue weighted by Crippen LogP contribution is 2.28. The molecule has 0 radical (unpaired) electrons. The Kier molecular flexibility index (Phi) is 5.25. The van der Waals surface area contributed by atoms with Crippen molar-refractivity contribution in [2.75, 3.05) is 26.2 Å². The number of carbonyl (C=O) groups is 1. The Labute approximate surface area is 165 Å². The number of imidazole rings is 2. The molecule has 1 aliphatic heterocycles. The topological polar surface area (TPSA) is 59.2 Å². The lowest BCUT2D eigenvalue weighted by Crippen LogP contribution is -2.51. The molecular weight excluding hydrogens is 352 g/mol. The molecule has 3 aromatic rings. The molecule has 2 unspecified atom stereocenters. The van der Waals surface area contributed by atoms with Crippen molar-refractivity contribution >= 4 is 5.91 Å². The summed E-state index contributed by atoms with van der Waals surface area (Å²) in [6.07, 6.45) is 9.07. The minimum Gasteiger partial charge on any atom is -0.338 e. The highest BCUT2D eigenvalue weighted by Gasteiger charge is 2.31. The Bertz CT molecular complexity index is 896. The van der Waals surface area contributed by atoms with Crippen LogP contribution in [0.25, 0.3) is 0 Å². The monoisotopic (exact) mass is 378 g/mol. The highest BCUT2D eigenvalue weighted by atomic mass is 16.2. The van der Waals surface area contributed by atoms with Crippen LogP contribution in [0.4, 0.5) is 0 Å². The third-order valence-electron chi connectivity index (χ3n) is 5.54. The fraction of sp³-hybridized carbons (Fsp3) is 0.381. The summed E-state index contributed by atoms with van der Waals surface area (Å²) in [5.74, 6) is 1.17. The number of nitrogens with zero attached hydrogens (tertiary/aromatic N) is 6. The molecule has 28 heavy (non-hydrogen) atoms. The number of benzene rings is 1. The number of aromatic nitrogens is 4. The Balaban J connectivity index is 1.49. The molecule has 1 saturated heterocycles. The number of piperazine rings is 1. The van der Waals surface area contributed by atoms with Crippen molar-refractivity contribution in [2.24, 2.45) is 7.05 Å². The van der Waals surface area contributed by atoms with Gasteiger partial charge in [0, 0.05) is 58.0 Å². The molecule has 2 aromatic heterocycles. The van der Waals surface area contributed by atoms with Crippen molar-refractivity contribution in [1.29, 1.82) is 0 Å². The van der Waals surface area contributed by atoms with Gasteiger partial charge < -0.3 is 14.0 Å². The second kappa shape index (κ2) is 7.98. The van der Waals surface area contributed by atoms with Crippen LogP contribution in [0.15, 0.2) is 61.4 Å². The van der Waals surface area contributed by atoms with Gasteiger partial charge in [-0.05, 0) is 12.5 Å². The Morgan fingerprint density at radius 3 is 2.39 bits per heavy atom. The van der Waals surface area contributed by atoms with E-state index in [0.717, 1.165) is 18.9 Å². The molecule has 7 heteroatoms. The molecule has 3 heterocycles. The van der Waals surface area contributed by atoms with E-state index < -0.39 is 0 Å². The minimum atomic E-state index is -0.228. The summed E-state index contributed by atoms with van der Waals surface area (Å²) < 4.78 is 3.94. The summed E-state index contributed by atoms with van der Waals surface area (Å²) >= 11 is 0. The van der Waals surface area contributed by atoms with E-state index in [1.165, 1.54) is 5.56 Å². The van der Waals surface area contributed by atoms with Crippen molar-refractivity contribution in [3.63, 3.8) is 0 Å². The predicted molar refractivity (Wildman–Crippen MR) is 107 cm³/mol. The van der Waals surface area contributed by atoms with Crippen LogP contribution in [0.2, 0.25) is 0 Å². The maximum absolute atomic E-state index is 12.9. The third-order valence-corrected chi connectivity index (χ3v) is 5.54. The number of amides is 1. The lowest BCUT2D eigenvalue weighted by molar-refractivity contribution is -0.136. The van der Waals surface area contributed by atoms with Crippen molar-refractivity contribution in [3.8, 4) is 0 Å². The van der Waals surface area contributed by atoms with Gasteiger partial charge in [0.15, 0.2) is 0 Å². The third kappa shape index (κ3) is 3.57. The molecule has 0 bridgehead atoms. The van der Waals surface area contributed by atoms with Crippen LogP contribution in [0.5, 0.6) is 0 Å². The first-order valence-corrected chi connectivity index (χ1v) is 9.67. The van der Waals surface area contributed by atoms with Gasteiger partial charge >= 0.3 is 0 Å². The first kappa shape index (κ1) is 18.4. The Hall–Kier alpha value is -2.93. The molecule has 2 atom stereocenters. The van der Waals surface area contributed by atoms with E-state index in [1.807, 2.05) is 48.1 Å². The van der Waals surface area contributed by atoms with E-state index in [1.54, 1.807) is 12.5 Å². The first-order valence-electron chi connectivity index (χ1n) is 9.67. The minimum absolute atomic E-state index is 0.0875. The van der Waals surface area contributed by atoms with E-state index in [2.05, 4.69) is 43.7 Å². The van der Waals surface area contributed by atoms with Gasteiger partial charge in [-0.3, -0.25) is 9.69 Å². The first-order chi connectivity index (χ1) is 13.6. The van der Waals surface area contributed by atoms with Crippen LogP contribution in [-0.4, -0.2) is 61.0 Å². The molecule has 7 nitrogen and oxygen atoms in total. The fourth-order valence-corrected chi connectivity index (χ4v) is 3.89. The number of aryl methyl sites for hydroxylation is 1. The van der Waals surface area contributed by atoms with Crippen molar-refractivity contribution in [1.82, 2.24) is 28.9 Å². The average molecular weight is 378 g/mol. The number of hydrogen-bond donors (Lipinski definition) is 0. The van der Waals surface area contributed by atoms with Gasteiger partial charge in [0.2, 0.25) is 5.91 Å². The van der Waals surface area contributed by atoms with Gasteiger partial charge in [-0.25, -0.2) is 9.97 Å². The summed E-state index contributed by atoms with van der Waals surface area (Å²) in [7, 11) is 2.03. The lowest BCUT2D eigenvalue weighted by atomic mass is 10.0. The Morgan fingerprint density at radius 1 is 1.04 bits per heavy atom. The van der Waals surface area contributed by atoms with Crippen LogP contribution in [0, 0.1) is 0 Å². The van der Waals surface area contributed by atoms with Gasteiger partial charge in [0.25, 0.3) is 0 Å². The Morgan fingerprint density at radius 2 is 1.79 bits per heavy atom. The summed E-state index contributed by atoms with van der Waals surface area (Å²) in [6.45, 7) is 4.98. The van der Waals surface area contributed by atoms with E-state index >= 15 is 0 Å². The van der Waals surface area contributed by atoms with Crippen LogP contribution in [0.3, 0.4) is 0 Å². The largest absolute Gasteiger partial charge is 0.338 e. The molecule has 146 valence electrons. The van der Waals surface area contributed by atoms with Crippen molar-refractivity contribution in [3.05, 3.63) is 72.8 Å². The lowest BCUT2D eigenvalue weighted by Gasteiger charge is -2.40. The van der Waals surface area contributed by atoms with E-state index in [0.29, 0.717) is 13.1 Å². The van der Waals surface area contributed by atoms with Crippen LogP contribution < -0.4 is 0 Å². The zero-order valence-electron chi connectivity index (χ0n) is 16.3. The fourth-order valence-electron chi connectivity index (χ4n) is 3.89. The molecule has 0 N–H and O–H groups in total. The number of rotatable bonds is 5. The summed E-state index contributed by atoms with van der Waals surface area (Å²) in [6, 6.07) is 10.3. The number of carbonyl (C=O) groups excluding carboxylic acids is 1. The molecule has 0 spiro atoms. The molecule has 1 fully saturated rings. The van der Waals surface area contributed by atoms with Gasteiger partial charge in [-0.2, -0.15) is 0 Å². The average Bonchev–Trinajstić information content (AvgIpc) is 3.41. The van der Waals surface area contributed by atoms with Crippen LogP contribution >= 0.6 is 0 Å². The molecule has 1 aromatic carbocycles. The maximum atomic E-state index is 12.9. The van der Waals surface area contributed by atoms with Gasteiger partial charge in [-0.1, -0.05) is 30.3 Å². The molecule has 0 saturated carbocycles. The van der Waals surface area contributed by atoms with Gasteiger partial charge in [0.1, 0.15) is 11.9 Å².